The summed E-state index contributed by atoms with van der Waals surface area (Å²) in [6.07, 6.45) is -3.15. The van der Waals surface area contributed by atoms with Gasteiger partial charge in [0, 0.05) is 0 Å². The number of rotatable bonds is 13. The molecule has 39 heavy (non-hydrogen) atoms. The predicted molar refractivity (Wildman–Crippen MR) is 145 cm³/mol. The largest absolute Gasteiger partial charge is 0.394 e. The molecule has 1 N–H and O–H groups in total. The molecule has 210 valence electrons. The number of ether oxygens (including phenoxy) is 4. The fourth-order valence-corrected chi connectivity index (χ4v) is 5.28. The van der Waals surface area contributed by atoms with E-state index in [2.05, 4.69) is 0 Å². The van der Waals surface area contributed by atoms with Gasteiger partial charge in [0.05, 0.1) is 31.3 Å². The van der Waals surface area contributed by atoms with Gasteiger partial charge in [0.15, 0.2) is 5.79 Å². The zero-order chi connectivity index (χ0) is 27.9. The molecule has 0 bridgehead atoms. The van der Waals surface area contributed by atoms with Crippen molar-refractivity contribution < 1.29 is 36.7 Å². The Balaban J connectivity index is 1.55. The maximum Gasteiger partial charge on any atom is 0.297 e. The lowest BCUT2D eigenvalue weighted by atomic mass is 10.0. The first-order valence-electron chi connectivity index (χ1n) is 12.9. The van der Waals surface area contributed by atoms with Crippen molar-refractivity contribution in [2.75, 3.05) is 13.2 Å². The minimum absolute atomic E-state index is 0.0507. The summed E-state index contributed by atoms with van der Waals surface area (Å²) < 4.78 is 56.1. The maximum atomic E-state index is 13.0. The van der Waals surface area contributed by atoms with Gasteiger partial charge >= 0.3 is 0 Å². The van der Waals surface area contributed by atoms with E-state index in [-0.39, 0.29) is 31.3 Å². The van der Waals surface area contributed by atoms with Gasteiger partial charge in [0.1, 0.15) is 24.4 Å². The van der Waals surface area contributed by atoms with Gasteiger partial charge in [-0.05, 0) is 44.0 Å². The SMILES string of the molecule is Cc1ccc(S(=O)(=O)OC[C@@H](OCc2ccccc2)[C@H]2OC(C)(C)O[C@@H]2[C@@H](CO)OCc2ccccc2)cc1. The van der Waals surface area contributed by atoms with Crippen LogP contribution in [0.15, 0.2) is 89.8 Å². The van der Waals surface area contributed by atoms with Crippen LogP contribution in [0, 0.1) is 6.92 Å². The van der Waals surface area contributed by atoms with E-state index < -0.39 is 40.3 Å². The third-order valence-electron chi connectivity index (χ3n) is 6.39. The molecule has 4 atom stereocenters. The first-order valence-corrected chi connectivity index (χ1v) is 14.3. The zero-order valence-electron chi connectivity index (χ0n) is 22.4. The average molecular weight is 557 g/mol. The van der Waals surface area contributed by atoms with Gasteiger partial charge in [-0.3, -0.25) is 4.18 Å². The van der Waals surface area contributed by atoms with Crippen LogP contribution in [-0.2, 0) is 46.5 Å². The number of aliphatic hydroxyl groups excluding tert-OH is 1. The molecule has 4 rings (SSSR count). The van der Waals surface area contributed by atoms with Crippen molar-refractivity contribution in [1.82, 2.24) is 0 Å². The third kappa shape index (κ3) is 8.18. The van der Waals surface area contributed by atoms with Gasteiger partial charge in [-0.1, -0.05) is 78.4 Å². The summed E-state index contributed by atoms with van der Waals surface area (Å²) in [6, 6.07) is 25.5. The highest BCUT2D eigenvalue weighted by molar-refractivity contribution is 7.86. The van der Waals surface area contributed by atoms with Crippen LogP contribution in [-0.4, -0.2) is 56.9 Å². The van der Waals surface area contributed by atoms with Crippen molar-refractivity contribution in [3.05, 3.63) is 102 Å². The highest BCUT2D eigenvalue weighted by Gasteiger charge is 2.49. The second-order valence-electron chi connectivity index (χ2n) is 9.97. The third-order valence-corrected chi connectivity index (χ3v) is 7.68. The standard InChI is InChI=1S/C30H36O8S/c1-22-14-16-25(17-15-22)39(32,33)36-21-27(35-20-24-12-8-5-9-13-24)29-28(37-30(2,3)38-29)26(18-31)34-19-23-10-6-4-7-11-23/h4-17,26-29,31H,18-21H2,1-3H3/t26-,27-,28-,29-/m1/s1. The molecular weight excluding hydrogens is 520 g/mol. The van der Waals surface area contributed by atoms with Crippen molar-refractivity contribution in [2.24, 2.45) is 0 Å². The molecule has 0 radical (unpaired) electrons. The van der Waals surface area contributed by atoms with E-state index in [1.54, 1.807) is 26.0 Å². The summed E-state index contributed by atoms with van der Waals surface area (Å²) >= 11 is 0. The van der Waals surface area contributed by atoms with Crippen LogP contribution in [0.25, 0.3) is 0 Å². The zero-order valence-corrected chi connectivity index (χ0v) is 23.3. The highest BCUT2D eigenvalue weighted by atomic mass is 32.2. The molecule has 0 spiro atoms. The van der Waals surface area contributed by atoms with Gasteiger partial charge in [-0.2, -0.15) is 8.42 Å². The smallest absolute Gasteiger partial charge is 0.297 e. The van der Waals surface area contributed by atoms with E-state index >= 15 is 0 Å². The Labute approximate surface area is 230 Å². The second kappa shape index (κ2) is 13.1. The van der Waals surface area contributed by atoms with Crippen molar-refractivity contribution in [1.29, 1.82) is 0 Å². The van der Waals surface area contributed by atoms with Crippen LogP contribution in [0.5, 0.6) is 0 Å². The number of hydrogen-bond acceptors (Lipinski definition) is 8. The fraction of sp³-hybridized carbons (Fsp3) is 0.400. The van der Waals surface area contributed by atoms with Gasteiger partial charge in [0.25, 0.3) is 10.1 Å². The molecular formula is C30H36O8S. The van der Waals surface area contributed by atoms with Crippen molar-refractivity contribution in [3.8, 4) is 0 Å². The fourth-order valence-electron chi connectivity index (χ4n) is 4.37. The topological polar surface area (TPSA) is 101 Å². The lowest BCUT2D eigenvalue weighted by Crippen LogP contribution is -2.47. The summed E-state index contributed by atoms with van der Waals surface area (Å²) in [4.78, 5) is 0.0507. The molecule has 0 unspecified atom stereocenters. The van der Waals surface area contributed by atoms with E-state index in [9.17, 15) is 13.5 Å². The quantitative estimate of drug-likeness (QED) is 0.310. The van der Waals surface area contributed by atoms with Crippen LogP contribution in [0.1, 0.15) is 30.5 Å². The van der Waals surface area contributed by atoms with Gasteiger partial charge in [-0.25, -0.2) is 0 Å². The lowest BCUT2D eigenvalue weighted by molar-refractivity contribution is -0.169. The molecule has 3 aromatic carbocycles. The average Bonchev–Trinajstić information content (AvgIpc) is 3.25. The first kappa shape index (κ1) is 29.4. The van der Waals surface area contributed by atoms with Gasteiger partial charge in [-0.15, -0.1) is 0 Å². The highest BCUT2D eigenvalue weighted by Crippen LogP contribution is 2.34. The van der Waals surface area contributed by atoms with Gasteiger partial charge < -0.3 is 24.1 Å². The van der Waals surface area contributed by atoms with Crippen LogP contribution >= 0.6 is 0 Å². The summed E-state index contributed by atoms with van der Waals surface area (Å²) in [6.45, 7) is 5.19. The lowest BCUT2D eigenvalue weighted by Gasteiger charge is -2.30. The Morgan fingerprint density at radius 3 is 1.79 bits per heavy atom. The Morgan fingerprint density at radius 2 is 1.28 bits per heavy atom. The molecule has 1 saturated heterocycles. The van der Waals surface area contributed by atoms with Crippen LogP contribution < -0.4 is 0 Å². The minimum atomic E-state index is -4.06. The van der Waals surface area contributed by atoms with E-state index in [4.69, 9.17) is 23.1 Å². The molecule has 0 amide bonds. The van der Waals surface area contributed by atoms with Gasteiger partial charge in [0.2, 0.25) is 0 Å². The van der Waals surface area contributed by atoms with E-state index in [0.717, 1.165) is 16.7 Å². The maximum absolute atomic E-state index is 13.0. The normalized spacial score (nSPS) is 20.5. The Kier molecular flexibility index (Phi) is 9.90. The summed E-state index contributed by atoms with van der Waals surface area (Å²) in [5.74, 6) is -1.02. The minimum Gasteiger partial charge on any atom is -0.394 e. The molecule has 0 aromatic heterocycles. The summed E-state index contributed by atoms with van der Waals surface area (Å²) in [7, 11) is -4.06. The van der Waals surface area contributed by atoms with Crippen molar-refractivity contribution in [2.45, 2.75) is 69.1 Å². The predicted octanol–water partition coefficient (Wildman–Crippen LogP) is 4.38. The molecule has 0 saturated carbocycles. The molecule has 9 heteroatoms. The summed E-state index contributed by atoms with van der Waals surface area (Å²) in [5, 5.41) is 10.2. The Bertz CT molecular complexity index is 1260. The second-order valence-corrected chi connectivity index (χ2v) is 11.6. The number of aryl methyl sites for hydroxylation is 1. The molecule has 8 nitrogen and oxygen atoms in total. The molecule has 0 aliphatic carbocycles. The Hall–Kier alpha value is -2.63. The molecule has 1 aliphatic heterocycles. The summed E-state index contributed by atoms with van der Waals surface area (Å²) in [5.41, 5.74) is 2.78. The van der Waals surface area contributed by atoms with E-state index in [0.29, 0.717) is 0 Å². The molecule has 1 aliphatic rings. The molecule has 1 fully saturated rings. The Morgan fingerprint density at radius 1 is 0.795 bits per heavy atom. The van der Waals surface area contributed by atoms with E-state index in [1.807, 2.05) is 67.6 Å². The number of hydrogen-bond donors (Lipinski definition) is 1. The van der Waals surface area contributed by atoms with Crippen LogP contribution in [0.2, 0.25) is 0 Å². The molecule has 3 aromatic rings. The van der Waals surface area contributed by atoms with Crippen molar-refractivity contribution in [3.63, 3.8) is 0 Å². The number of benzene rings is 3. The monoisotopic (exact) mass is 556 g/mol. The van der Waals surface area contributed by atoms with Crippen molar-refractivity contribution >= 4 is 10.1 Å². The van der Waals surface area contributed by atoms with Crippen LogP contribution in [0.3, 0.4) is 0 Å². The molecule has 1 heterocycles. The van der Waals surface area contributed by atoms with E-state index in [1.165, 1.54) is 12.1 Å². The first-order chi connectivity index (χ1) is 18.7. The van der Waals surface area contributed by atoms with Crippen LogP contribution in [0.4, 0.5) is 0 Å². The number of aliphatic hydroxyl groups is 1.